The Morgan fingerprint density at radius 3 is 3.12 bits per heavy atom. The largest absolute Gasteiger partial charge is 0.369 e. The predicted octanol–water partition coefficient (Wildman–Crippen LogP) is 1.33. The van der Waals surface area contributed by atoms with Gasteiger partial charge in [-0.05, 0) is 24.6 Å². The molecule has 0 radical (unpaired) electrons. The van der Waals surface area contributed by atoms with Crippen molar-refractivity contribution >= 4 is 26.8 Å². The Kier molecular flexibility index (Phi) is 1.81. The molecule has 0 fully saturated rings. The predicted molar refractivity (Wildman–Crippen MR) is 62.8 cm³/mol. The summed E-state index contributed by atoms with van der Waals surface area (Å²) in [4.78, 5) is 6.76. The molecule has 1 aromatic heterocycles. The number of imidazole rings is 1. The molecule has 2 rings (SSSR count). The number of nitrogens with one attached hydrogen (secondary N) is 1. The van der Waals surface area contributed by atoms with Crippen molar-refractivity contribution < 1.29 is 12.5 Å². The summed E-state index contributed by atoms with van der Waals surface area (Å²) >= 11 is 0. The number of nitrogen functional groups attached to an aromatic ring is 1. The van der Waals surface area contributed by atoms with Crippen molar-refractivity contribution in [3.05, 3.63) is 18.2 Å². The number of hydrogen-bond donors (Lipinski definition) is 2. The molecule has 2 aromatic rings. The first-order valence-corrected chi connectivity index (χ1v) is 6.31. The van der Waals surface area contributed by atoms with Crippen LogP contribution in [0.15, 0.2) is 23.1 Å². The zero-order chi connectivity index (χ0) is 14.3. The Morgan fingerprint density at radius 2 is 2.38 bits per heavy atom. The van der Waals surface area contributed by atoms with E-state index in [4.69, 9.17) is 9.85 Å². The third-order valence-electron chi connectivity index (χ3n) is 2.20. The second kappa shape index (κ2) is 3.79. The summed E-state index contributed by atoms with van der Waals surface area (Å²) in [6.07, 6.45) is -0.377. The highest BCUT2D eigenvalue weighted by Gasteiger charge is 2.14. The van der Waals surface area contributed by atoms with E-state index in [2.05, 4.69) is 9.97 Å². The van der Waals surface area contributed by atoms with Gasteiger partial charge in [-0.15, -0.1) is 0 Å². The summed E-state index contributed by atoms with van der Waals surface area (Å²) in [6.45, 7) is -2.25. The molecular weight excluding hydrogens is 226 g/mol. The lowest BCUT2D eigenvalue weighted by Crippen LogP contribution is -2.05. The van der Waals surface area contributed by atoms with Crippen molar-refractivity contribution in [2.45, 2.75) is 18.2 Å². The van der Waals surface area contributed by atoms with Gasteiger partial charge in [0.2, 0.25) is 0 Å². The van der Waals surface area contributed by atoms with Gasteiger partial charge in [-0.1, -0.05) is 6.85 Å². The van der Waals surface area contributed by atoms with Gasteiger partial charge in [0.15, 0.2) is 15.8 Å². The Balaban J connectivity index is 2.32. The van der Waals surface area contributed by atoms with Crippen molar-refractivity contribution in [3.63, 3.8) is 0 Å². The lowest BCUT2D eigenvalue weighted by molar-refractivity contribution is 0.595. The molecule has 16 heavy (non-hydrogen) atoms. The molecular formula is C10H13N3O2S. The maximum absolute atomic E-state index is 12.0. The maximum Gasteiger partial charge on any atom is 0.198 e. The van der Waals surface area contributed by atoms with Crippen LogP contribution in [0, 0.1) is 0 Å². The third kappa shape index (κ3) is 1.88. The number of rotatable bonds is 3. The van der Waals surface area contributed by atoms with Crippen LogP contribution in [0.2, 0.25) is 0 Å². The molecule has 0 spiro atoms. The van der Waals surface area contributed by atoms with Gasteiger partial charge >= 0.3 is 0 Å². The van der Waals surface area contributed by atoms with Crippen LogP contribution in [0.25, 0.3) is 11.0 Å². The van der Waals surface area contributed by atoms with Crippen molar-refractivity contribution in [2.24, 2.45) is 0 Å². The van der Waals surface area contributed by atoms with E-state index in [0.29, 0.717) is 11.0 Å². The molecule has 0 unspecified atom stereocenters. The highest BCUT2D eigenvalue weighted by Crippen LogP contribution is 2.19. The number of nitrogens with zero attached hydrogens (tertiary/aromatic N) is 1. The van der Waals surface area contributed by atoms with Crippen LogP contribution < -0.4 is 5.73 Å². The van der Waals surface area contributed by atoms with Gasteiger partial charge in [0.05, 0.1) is 21.7 Å². The molecule has 0 aliphatic rings. The van der Waals surface area contributed by atoms with Gasteiger partial charge in [-0.3, -0.25) is 0 Å². The van der Waals surface area contributed by atoms with Gasteiger partial charge in [0.1, 0.15) is 0 Å². The molecule has 5 nitrogen and oxygen atoms in total. The SMILES string of the molecule is [2H]C([2H])([2H])CCS(=O)(=O)c1ccc2nc(N)[nH]c2c1. The normalized spacial score (nSPS) is 15.6. The number of nitrogens with two attached hydrogens (primary N) is 1. The number of H-pyrrole nitrogens is 1. The number of sulfone groups is 1. The lowest BCUT2D eigenvalue weighted by Gasteiger charge is -2.01. The van der Waals surface area contributed by atoms with E-state index in [1.807, 2.05) is 0 Å². The van der Waals surface area contributed by atoms with Crippen LogP contribution >= 0.6 is 0 Å². The van der Waals surface area contributed by atoms with Gasteiger partial charge < -0.3 is 10.7 Å². The monoisotopic (exact) mass is 242 g/mol. The Labute approximate surface area is 97.8 Å². The van der Waals surface area contributed by atoms with Gasteiger partial charge in [0, 0.05) is 4.11 Å². The first-order chi connectivity index (χ1) is 8.67. The molecule has 6 heteroatoms. The highest BCUT2D eigenvalue weighted by molar-refractivity contribution is 7.91. The van der Waals surface area contributed by atoms with Gasteiger partial charge in [-0.25, -0.2) is 13.4 Å². The molecule has 0 aliphatic heterocycles. The molecule has 0 saturated heterocycles. The van der Waals surface area contributed by atoms with E-state index in [0.717, 1.165) is 0 Å². The molecule has 1 aromatic carbocycles. The molecule has 86 valence electrons. The number of hydrogen-bond acceptors (Lipinski definition) is 4. The number of aromatic amines is 1. The summed E-state index contributed by atoms with van der Waals surface area (Å²) in [5.74, 6) is -0.217. The fourth-order valence-corrected chi connectivity index (χ4v) is 2.53. The molecule has 0 amide bonds. The molecule has 1 heterocycles. The maximum atomic E-state index is 12.0. The first kappa shape index (κ1) is 7.67. The zero-order valence-corrected chi connectivity index (χ0v) is 9.21. The Hall–Kier alpha value is -1.56. The van der Waals surface area contributed by atoms with Crippen LogP contribution in [0.1, 0.15) is 17.4 Å². The summed E-state index contributed by atoms with van der Waals surface area (Å²) < 4.78 is 45.2. The number of aromatic nitrogens is 2. The summed E-state index contributed by atoms with van der Waals surface area (Å²) in [5, 5.41) is 0. The average Bonchev–Trinajstić information content (AvgIpc) is 2.64. The Bertz CT molecular complexity index is 706. The molecule has 0 aliphatic carbocycles. The number of benzene rings is 1. The number of fused-ring (bicyclic) bond motifs is 1. The molecule has 0 atom stereocenters. The van der Waals surface area contributed by atoms with E-state index in [1.54, 1.807) is 0 Å². The van der Waals surface area contributed by atoms with Crippen LogP contribution in [-0.2, 0) is 9.84 Å². The summed E-state index contributed by atoms with van der Waals surface area (Å²) in [6, 6.07) is 4.34. The van der Waals surface area contributed by atoms with Crippen molar-refractivity contribution in [1.29, 1.82) is 0 Å². The second-order valence-electron chi connectivity index (χ2n) is 3.37. The van der Waals surface area contributed by atoms with Crippen LogP contribution in [0.5, 0.6) is 0 Å². The standard InChI is InChI=1S/C10H13N3O2S/c1-2-5-16(14,15)7-3-4-8-9(6-7)13-10(11)12-8/h3-4,6H,2,5H2,1H3,(H3,11,12,13)/i1D3. The number of anilines is 1. The second-order valence-corrected chi connectivity index (χ2v) is 5.48. The van der Waals surface area contributed by atoms with E-state index < -0.39 is 22.4 Å². The molecule has 0 bridgehead atoms. The fraction of sp³-hybridized carbons (Fsp3) is 0.300. The minimum Gasteiger partial charge on any atom is -0.369 e. The van der Waals surface area contributed by atoms with E-state index in [1.165, 1.54) is 18.2 Å². The fourth-order valence-electron chi connectivity index (χ4n) is 1.45. The van der Waals surface area contributed by atoms with E-state index >= 15 is 0 Å². The topological polar surface area (TPSA) is 88.8 Å². The highest BCUT2D eigenvalue weighted by atomic mass is 32.2. The van der Waals surface area contributed by atoms with E-state index in [9.17, 15) is 8.42 Å². The van der Waals surface area contributed by atoms with Crippen LogP contribution in [0.3, 0.4) is 0 Å². The average molecular weight is 242 g/mol. The summed E-state index contributed by atoms with van der Waals surface area (Å²) in [7, 11) is -3.62. The zero-order valence-electron chi connectivity index (χ0n) is 11.4. The lowest BCUT2D eigenvalue weighted by atomic mass is 10.3. The van der Waals surface area contributed by atoms with Gasteiger partial charge in [0.25, 0.3) is 0 Å². The molecule has 3 N–H and O–H groups in total. The first-order valence-electron chi connectivity index (χ1n) is 6.15. The molecule has 0 saturated carbocycles. The quantitative estimate of drug-likeness (QED) is 0.849. The summed E-state index contributed by atoms with van der Waals surface area (Å²) in [5.41, 5.74) is 6.54. The third-order valence-corrected chi connectivity index (χ3v) is 3.92. The Morgan fingerprint density at radius 1 is 1.56 bits per heavy atom. The van der Waals surface area contributed by atoms with E-state index in [-0.39, 0.29) is 17.3 Å². The van der Waals surface area contributed by atoms with Crippen molar-refractivity contribution in [1.82, 2.24) is 9.97 Å². The van der Waals surface area contributed by atoms with Crippen LogP contribution in [0.4, 0.5) is 5.95 Å². The van der Waals surface area contributed by atoms with Crippen molar-refractivity contribution in [2.75, 3.05) is 11.5 Å². The minimum absolute atomic E-state index is 0.0629. The van der Waals surface area contributed by atoms with Gasteiger partial charge in [-0.2, -0.15) is 0 Å². The van der Waals surface area contributed by atoms with Crippen LogP contribution in [-0.4, -0.2) is 24.1 Å². The van der Waals surface area contributed by atoms with Crippen molar-refractivity contribution in [3.8, 4) is 0 Å². The smallest absolute Gasteiger partial charge is 0.198 e. The minimum atomic E-state index is -3.62.